The third-order valence-electron chi connectivity index (χ3n) is 8.84. The number of carboxylic acid groups (broad SMARTS) is 1. The maximum absolute atomic E-state index is 13.8. The first-order valence-corrected chi connectivity index (χ1v) is 15.4. The van der Waals surface area contributed by atoms with Crippen molar-refractivity contribution in [2.75, 3.05) is 20.6 Å². The molecule has 1 atom stereocenters. The molecule has 0 radical (unpaired) electrons. The molecule has 10 nitrogen and oxygen atoms in total. The molecule has 2 aliphatic carbocycles. The van der Waals surface area contributed by atoms with Crippen LogP contribution in [0.1, 0.15) is 77.2 Å². The molecule has 6 rings (SSSR count). The van der Waals surface area contributed by atoms with Crippen LogP contribution in [0.15, 0.2) is 30.5 Å². The van der Waals surface area contributed by atoms with E-state index in [-0.39, 0.29) is 4.59 Å². The van der Waals surface area contributed by atoms with Gasteiger partial charge in [-0.25, -0.2) is 10.1 Å². The van der Waals surface area contributed by atoms with Gasteiger partial charge < -0.3 is 14.5 Å². The summed E-state index contributed by atoms with van der Waals surface area (Å²) in [5.74, 6) is -0.306. The summed E-state index contributed by atoms with van der Waals surface area (Å²) in [6.07, 6.45) is 14.3. The highest BCUT2D eigenvalue weighted by Crippen LogP contribution is 2.49. The third kappa shape index (κ3) is 4.27. The largest absolute Gasteiger partial charge is 0.526 e. The highest BCUT2D eigenvalue weighted by Gasteiger charge is 2.44. The first-order valence-electron chi connectivity index (χ1n) is 14.0. The molecular formula is C29H35N5O5S. The topological polar surface area (TPSA) is 124 Å². The lowest BCUT2D eigenvalue weighted by molar-refractivity contribution is -0.255. The van der Waals surface area contributed by atoms with Crippen molar-refractivity contribution in [1.29, 1.82) is 0 Å². The molecule has 3 heterocycles. The van der Waals surface area contributed by atoms with E-state index in [0.29, 0.717) is 43.1 Å². The van der Waals surface area contributed by atoms with Gasteiger partial charge in [-0.05, 0) is 49.3 Å². The van der Waals surface area contributed by atoms with Gasteiger partial charge in [-0.2, -0.15) is 17.3 Å². The molecular weight excluding hydrogens is 530 g/mol. The average molecular weight is 566 g/mol. The number of nitrogens with one attached hydrogen (secondary N) is 2. The van der Waals surface area contributed by atoms with E-state index in [4.69, 9.17) is 0 Å². The van der Waals surface area contributed by atoms with Gasteiger partial charge in [-0.1, -0.05) is 37.5 Å². The molecule has 1 saturated carbocycles. The minimum atomic E-state index is -4.04. The first-order chi connectivity index (χ1) is 19.1. The molecule has 2 aliphatic heterocycles. The Morgan fingerprint density at radius 3 is 2.62 bits per heavy atom. The van der Waals surface area contributed by atoms with Crippen molar-refractivity contribution in [3.05, 3.63) is 58.4 Å². The van der Waals surface area contributed by atoms with E-state index in [9.17, 15) is 23.1 Å². The number of quaternary nitrogens is 1. The normalized spacial score (nSPS) is 21.8. The van der Waals surface area contributed by atoms with Crippen LogP contribution in [0.4, 0.5) is 10.5 Å². The molecule has 2 N–H and O–H groups in total. The van der Waals surface area contributed by atoms with Gasteiger partial charge in [0.2, 0.25) is 0 Å². The number of allylic oxidation sites excluding steroid dienone is 2. The van der Waals surface area contributed by atoms with Crippen LogP contribution >= 0.6 is 0 Å². The molecule has 0 saturated heterocycles. The van der Waals surface area contributed by atoms with Crippen LogP contribution in [-0.2, 0) is 29.6 Å². The van der Waals surface area contributed by atoms with Crippen LogP contribution in [0.3, 0.4) is 0 Å². The van der Waals surface area contributed by atoms with Crippen molar-refractivity contribution in [3.63, 3.8) is 0 Å². The summed E-state index contributed by atoms with van der Waals surface area (Å²) in [6.45, 7) is 0.810. The number of rotatable bonds is 5. The smallest absolute Gasteiger partial charge is 0.303 e. The lowest BCUT2D eigenvalue weighted by Crippen LogP contribution is -2.63. The molecule has 4 aliphatic rings. The molecule has 2 aromatic rings. The lowest BCUT2D eigenvalue weighted by atomic mass is 9.79. The van der Waals surface area contributed by atoms with Crippen molar-refractivity contribution in [1.82, 2.24) is 23.6 Å². The number of benzene rings is 1. The third-order valence-corrected chi connectivity index (χ3v) is 10.2. The van der Waals surface area contributed by atoms with Crippen LogP contribution in [0.2, 0.25) is 0 Å². The molecule has 1 fully saturated rings. The van der Waals surface area contributed by atoms with Crippen molar-refractivity contribution in [2.45, 2.75) is 63.8 Å². The number of carbonyl (C=O) groups is 2. The SMILES string of the molecule is CN(C)S(=O)(=O)NC(=O)c1c2c(n3c1-c1ccc(C4CCCCC4)c4c1[N@+](NC(=O)[O-])(C=CC4)CC3)CCC=C2. The summed E-state index contributed by atoms with van der Waals surface area (Å²) in [5, 5.41) is 12.1. The van der Waals surface area contributed by atoms with Gasteiger partial charge in [0.05, 0.1) is 23.4 Å². The van der Waals surface area contributed by atoms with Gasteiger partial charge in [-0.3, -0.25) is 4.79 Å². The Labute approximate surface area is 234 Å². The lowest BCUT2D eigenvalue weighted by Gasteiger charge is -2.39. The molecule has 212 valence electrons. The van der Waals surface area contributed by atoms with Gasteiger partial charge in [-0.15, -0.1) is 0 Å². The minimum Gasteiger partial charge on any atom is -0.526 e. The maximum atomic E-state index is 13.8. The predicted molar refractivity (Wildman–Crippen MR) is 151 cm³/mol. The highest BCUT2D eigenvalue weighted by atomic mass is 32.2. The summed E-state index contributed by atoms with van der Waals surface area (Å²) in [4.78, 5) is 25.9. The summed E-state index contributed by atoms with van der Waals surface area (Å²) in [7, 11) is -1.30. The van der Waals surface area contributed by atoms with E-state index >= 15 is 0 Å². The zero-order valence-electron chi connectivity index (χ0n) is 22.9. The second-order valence-electron chi connectivity index (χ2n) is 11.3. The fraction of sp³-hybridized carbons (Fsp3) is 0.448. The number of nitrogens with zero attached hydrogens (tertiary/aromatic N) is 3. The zero-order chi connectivity index (χ0) is 28.2. The van der Waals surface area contributed by atoms with Crippen LogP contribution in [0.5, 0.6) is 0 Å². The molecule has 40 heavy (non-hydrogen) atoms. The highest BCUT2D eigenvalue weighted by molar-refractivity contribution is 7.87. The average Bonchev–Trinajstić information content (AvgIpc) is 3.18. The van der Waals surface area contributed by atoms with Gasteiger partial charge in [0.25, 0.3) is 5.91 Å². The zero-order valence-corrected chi connectivity index (χ0v) is 23.7. The summed E-state index contributed by atoms with van der Waals surface area (Å²) in [5.41, 5.74) is 9.14. The maximum Gasteiger partial charge on any atom is 0.303 e. The van der Waals surface area contributed by atoms with Gasteiger partial charge in [0.15, 0.2) is 11.8 Å². The fourth-order valence-electron chi connectivity index (χ4n) is 7.06. The fourth-order valence-corrected chi connectivity index (χ4v) is 7.58. The number of hydrogen-bond acceptors (Lipinski definition) is 5. The Morgan fingerprint density at radius 2 is 1.90 bits per heavy atom. The van der Waals surface area contributed by atoms with E-state index in [1.165, 1.54) is 38.9 Å². The Morgan fingerprint density at radius 1 is 1.12 bits per heavy atom. The Hall–Kier alpha value is -3.41. The summed E-state index contributed by atoms with van der Waals surface area (Å²) >= 11 is 0. The van der Waals surface area contributed by atoms with E-state index in [1.807, 2.05) is 30.5 Å². The first kappa shape index (κ1) is 26.8. The Balaban J connectivity index is 1.63. The van der Waals surface area contributed by atoms with Crippen molar-refractivity contribution in [3.8, 4) is 11.3 Å². The van der Waals surface area contributed by atoms with Crippen molar-refractivity contribution in [2.24, 2.45) is 0 Å². The second-order valence-corrected chi connectivity index (χ2v) is 13.2. The number of aromatic nitrogens is 1. The molecule has 1 aromatic carbocycles. The Bertz CT molecular complexity index is 1570. The summed E-state index contributed by atoms with van der Waals surface area (Å²) in [6, 6.07) is 4.15. The molecule has 0 bridgehead atoms. The molecule has 2 amide bonds. The van der Waals surface area contributed by atoms with Crippen LogP contribution in [0.25, 0.3) is 17.3 Å². The van der Waals surface area contributed by atoms with E-state index in [2.05, 4.69) is 20.8 Å². The molecule has 0 spiro atoms. The minimum absolute atomic E-state index is 0.128. The summed E-state index contributed by atoms with van der Waals surface area (Å²) < 4.78 is 30.6. The van der Waals surface area contributed by atoms with Crippen LogP contribution < -0.4 is 19.8 Å². The van der Waals surface area contributed by atoms with E-state index < -0.39 is 22.2 Å². The van der Waals surface area contributed by atoms with Gasteiger partial charge in [0.1, 0.15) is 12.7 Å². The molecule has 0 unspecified atom stereocenters. The number of hydrogen-bond donors (Lipinski definition) is 2. The predicted octanol–water partition coefficient (Wildman–Crippen LogP) is 2.94. The van der Waals surface area contributed by atoms with Crippen molar-refractivity contribution >= 4 is 34.0 Å². The second kappa shape index (κ2) is 9.90. The van der Waals surface area contributed by atoms with Gasteiger partial charge >= 0.3 is 10.2 Å². The number of amides is 2. The van der Waals surface area contributed by atoms with Gasteiger partial charge in [0, 0.05) is 37.3 Å². The standard InChI is InChI=1S/C29H35N5O5S/c1-32(2)40(38,39)31-28(35)25-22-11-6-7-13-24(22)33-16-18-34(30-29(36)37)17-8-12-21-20(19-9-4-3-5-10-19)14-15-23(26(25)33)27(21)34/h6,8,11,14-15,17,19,30H,3-5,7,9-10,12-13,16,18H2,1-2H3,(H-,31,35,36,37)/t34-/m0/s1. The number of carbonyl (C=O) groups excluding carboxylic acids is 2. The number of fused-ring (bicyclic) bond motifs is 4. The van der Waals surface area contributed by atoms with E-state index in [0.717, 1.165) is 51.6 Å². The Kier molecular flexibility index (Phi) is 6.63. The van der Waals surface area contributed by atoms with Crippen LogP contribution in [-0.4, -0.2) is 49.9 Å². The van der Waals surface area contributed by atoms with Crippen molar-refractivity contribution < 1.29 is 23.1 Å². The molecule has 11 heteroatoms. The monoisotopic (exact) mass is 565 g/mol. The van der Waals surface area contributed by atoms with E-state index in [1.54, 1.807) is 0 Å². The van der Waals surface area contributed by atoms with Crippen LogP contribution in [0, 0.1) is 0 Å². The molecule has 1 aromatic heterocycles. The quantitative estimate of drug-likeness (QED) is 0.540.